The third-order valence-corrected chi connectivity index (χ3v) is 5.30. The monoisotopic (exact) mass is 351 g/mol. The summed E-state index contributed by atoms with van der Waals surface area (Å²) < 4.78 is 16.1. The molecule has 6 heteroatoms. The van der Waals surface area contributed by atoms with Crippen LogP contribution in [0, 0.1) is 39.4 Å². The fraction of sp³-hybridized carbons (Fsp3) is 0.842. The van der Waals surface area contributed by atoms with E-state index in [2.05, 4.69) is 6.07 Å². The van der Waals surface area contributed by atoms with E-state index in [4.69, 9.17) is 14.2 Å². The summed E-state index contributed by atoms with van der Waals surface area (Å²) in [5, 5.41) is 9.47. The SMILES string of the molecule is COCC1(C#N)C(=O)OC2C(OC(=O)C(C(C)(C)C)C(C)(C)C)CC21. The Morgan fingerprint density at radius 2 is 1.88 bits per heavy atom. The average Bonchev–Trinajstić information content (AvgIpc) is 2.64. The third-order valence-electron chi connectivity index (χ3n) is 5.30. The van der Waals surface area contributed by atoms with Crippen LogP contribution in [-0.4, -0.2) is 37.9 Å². The number of hydrogen-bond donors (Lipinski definition) is 0. The van der Waals surface area contributed by atoms with Crippen molar-refractivity contribution in [3.63, 3.8) is 0 Å². The smallest absolute Gasteiger partial charge is 0.329 e. The summed E-state index contributed by atoms with van der Waals surface area (Å²) in [6.45, 7) is 12.1. The summed E-state index contributed by atoms with van der Waals surface area (Å²) in [6.07, 6.45) is -0.590. The lowest BCUT2D eigenvalue weighted by atomic mass is 9.64. The highest BCUT2D eigenvalue weighted by Gasteiger charge is 2.67. The van der Waals surface area contributed by atoms with Crippen LogP contribution < -0.4 is 0 Å². The number of nitriles is 1. The first-order valence-electron chi connectivity index (χ1n) is 8.70. The Balaban J connectivity index is 2.12. The van der Waals surface area contributed by atoms with Gasteiger partial charge >= 0.3 is 11.9 Å². The normalized spacial score (nSPS) is 31.8. The van der Waals surface area contributed by atoms with Gasteiger partial charge in [0.25, 0.3) is 0 Å². The zero-order chi connectivity index (χ0) is 19.2. The van der Waals surface area contributed by atoms with Gasteiger partial charge in [0.05, 0.1) is 18.6 Å². The number of hydrogen-bond acceptors (Lipinski definition) is 6. The Kier molecular flexibility index (Phi) is 4.95. The van der Waals surface area contributed by atoms with Crippen LogP contribution >= 0.6 is 0 Å². The van der Waals surface area contributed by atoms with Crippen LogP contribution in [0.5, 0.6) is 0 Å². The predicted molar refractivity (Wildman–Crippen MR) is 90.2 cm³/mol. The second kappa shape index (κ2) is 6.28. The van der Waals surface area contributed by atoms with E-state index in [0.717, 1.165) is 0 Å². The van der Waals surface area contributed by atoms with Gasteiger partial charge in [-0.1, -0.05) is 41.5 Å². The van der Waals surface area contributed by atoms with Crippen molar-refractivity contribution in [1.82, 2.24) is 0 Å². The Morgan fingerprint density at radius 3 is 2.32 bits per heavy atom. The Morgan fingerprint density at radius 1 is 1.32 bits per heavy atom. The van der Waals surface area contributed by atoms with Crippen molar-refractivity contribution < 1.29 is 23.8 Å². The van der Waals surface area contributed by atoms with Crippen molar-refractivity contribution in [3.8, 4) is 6.07 Å². The number of ether oxygens (including phenoxy) is 3. The molecule has 0 radical (unpaired) electrons. The minimum Gasteiger partial charge on any atom is -0.458 e. The van der Waals surface area contributed by atoms with Gasteiger partial charge in [0.2, 0.25) is 0 Å². The van der Waals surface area contributed by atoms with E-state index in [9.17, 15) is 14.9 Å². The molecule has 1 aliphatic heterocycles. The molecule has 0 aromatic rings. The number of fused-ring (bicyclic) bond motifs is 1. The maximum atomic E-state index is 12.8. The average molecular weight is 351 g/mol. The van der Waals surface area contributed by atoms with E-state index in [1.165, 1.54) is 7.11 Å². The zero-order valence-electron chi connectivity index (χ0n) is 16.2. The van der Waals surface area contributed by atoms with Crippen LogP contribution in [0.25, 0.3) is 0 Å². The van der Waals surface area contributed by atoms with Crippen molar-refractivity contribution in [2.75, 3.05) is 13.7 Å². The molecule has 2 rings (SSSR count). The molecule has 0 amide bonds. The van der Waals surface area contributed by atoms with Crippen LogP contribution in [0.1, 0.15) is 48.0 Å². The molecule has 1 aliphatic carbocycles. The number of rotatable bonds is 4. The summed E-state index contributed by atoms with van der Waals surface area (Å²) in [5.41, 5.74) is -1.79. The molecule has 2 fully saturated rings. The molecule has 140 valence electrons. The first-order chi connectivity index (χ1) is 11.4. The van der Waals surface area contributed by atoms with Crippen LogP contribution in [-0.2, 0) is 23.8 Å². The number of carbonyl (C=O) groups is 2. The lowest BCUT2D eigenvalue weighted by Crippen LogP contribution is -2.54. The van der Waals surface area contributed by atoms with Crippen LogP contribution in [0.2, 0.25) is 0 Å². The topological polar surface area (TPSA) is 85.6 Å². The minimum absolute atomic E-state index is 0.00320. The van der Waals surface area contributed by atoms with Crippen molar-refractivity contribution in [2.24, 2.45) is 28.1 Å². The molecule has 25 heavy (non-hydrogen) atoms. The van der Waals surface area contributed by atoms with Gasteiger partial charge in [-0.3, -0.25) is 9.59 Å². The van der Waals surface area contributed by atoms with Crippen LogP contribution in [0.15, 0.2) is 0 Å². The van der Waals surface area contributed by atoms with E-state index >= 15 is 0 Å². The van der Waals surface area contributed by atoms with Gasteiger partial charge in [-0.25, -0.2) is 0 Å². The second-order valence-electron chi connectivity index (χ2n) is 9.37. The minimum atomic E-state index is -1.28. The molecule has 6 nitrogen and oxygen atoms in total. The van der Waals surface area contributed by atoms with Crippen LogP contribution in [0.3, 0.4) is 0 Å². The molecule has 1 saturated heterocycles. The molecule has 0 aromatic heterocycles. The van der Waals surface area contributed by atoms with Gasteiger partial charge < -0.3 is 14.2 Å². The Labute approximate surface area is 149 Å². The maximum absolute atomic E-state index is 12.8. The molecular formula is C19H29NO5. The number of carbonyl (C=O) groups excluding carboxylic acids is 2. The van der Waals surface area contributed by atoms with Gasteiger partial charge in [-0.15, -0.1) is 0 Å². The summed E-state index contributed by atoms with van der Waals surface area (Å²) in [7, 11) is 1.45. The van der Waals surface area contributed by atoms with E-state index in [0.29, 0.717) is 6.42 Å². The first-order valence-corrected chi connectivity index (χ1v) is 8.70. The van der Waals surface area contributed by atoms with E-state index in [-0.39, 0.29) is 35.2 Å². The quantitative estimate of drug-likeness (QED) is 0.724. The summed E-state index contributed by atoms with van der Waals surface area (Å²) in [4.78, 5) is 25.0. The standard InChI is InChI=1S/C19H29NO5/c1-17(2,3)14(18(4,5)6)15(21)24-12-8-11-13(12)25-16(22)19(11,9-20)10-23-7/h11-14H,8,10H2,1-7H3. The molecule has 0 N–H and O–H groups in total. The van der Waals surface area contributed by atoms with Gasteiger partial charge in [-0.2, -0.15) is 5.26 Å². The number of esters is 2. The molecule has 0 bridgehead atoms. The summed E-state index contributed by atoms with van der Waals surface area (Å²) in [5.74, 6) is -1.43. The molecule has 4 unspecified atom stereocenters. The van der Waals surface area contributed by atoms with Gasteiger partial charge in [0, 0.05) is 13.0 Å². The molecule has 2 aliphatic rings. The van der Waals surface area contributed by atoms with Crippen molar-refractivity contribution in [2.45, 2.75) is 60.2 Å². The lowest BCUT2D eigenvalue weighted by Gasteiger charge is -2.44. The van der Waals surface area contributed by atoms with E-state index in [1.54, 1.807) is 0 Å². The fourth-order valence-electron chi connectivity index (χ4n) is 4.49. The predicted octanol–water partition coefficient (Wildman–Crippen LogP) is 2.71. The van der Waals surface area contributed by atoms with Crippen molar-refractivity contribution in [1.29, 1.82) is 5.26 Å². The van der Waals surface area contributed by atoms with Crippen LogP contribution in [0.4, 0.5) is 0 Å². The first kappa shape index (κ1) is 19.7. The van der Waals surface area contributed by atoms with E-state index < -0.39 is 23.6 Å². The Bertz CT molecular complexity index is 580. The summed E-state index contributed by atoms with van der Waals surface area (Å²) >= 11 is 0. The summed E-state index contributed by atoms with van der Waals surface area (Å²) in [6, 6.07) is 2.06. The lowest BCUT2D eigenvalue weighted by molar-refractivity contribution is -0.186. The highest BCUT2D eigenvalue weighted by Crippen LogP contribution is 2.52. The molecular weight excluding hydrogens is 322 g/mol. The fourth-order valence-corrected chi connectivity index (χ4v) is 4.49. The zero-order valence-corrected chi connectivity index (χ0v) is 16.2. The molecule has 4 atom stereocenters. The maximum Gasteiger partial charge on any atom is 0.329 e. The number of nitrogens with zero attached hydrogens (tertiary/aromatic N) is 1. The van der Waals surface area contributed by atoms with Gasteiger partial charge in [0.1, 0.15) is 12.2 Å². The van der Waals surface area contributed by atoms with Crippen molar-refractivity contribution >= 4 is 11.9 Å². The third kappa shape index (κ3) is 3.27. The van der Waals surface area contributed by atoms with Crippen molar-refractivity contribution in [3.05, 3.63) is 0 Å². The molecule has 0 spiro atoms. The van der Waals surface area contributed by atoms with E-state index in [1.807, 2.05) is 41.5 Å². The van der Waals surface area contributed by atoms with Gasteiger partial charge in [0.15, 0.2) is 5.41 Å². The number of methoxy groups -OCH3 is 1. The molecule has 0 aromatic carbocycles. The second-order valence-corrected chi connectivity index (χ2v) is 9.37. The largest absolute Gasteiger partial charge is 0.458 e. The Hall–Kier alpha value is -1.61. The molecule has 1 saturated carbocycles. The molecule has 1 heterocycles. The van der Waals surface area contributed by atoms with Gasteiger partial charge in [-0.05, 0) is 17.3 Å². The highest BCUT2D eigenvalue weighted by molar-refractivity contribution is 5.84. The highest BCUT2D eigenvalue weighted by atomic mass is 16.6.